The zero-order valence-corrected chi connectivity index (χ0v) is 18.7. The van der Waals surface area contributed by atoms with Gasteiger partial charge in [0.15, 0.2) is 18.1 Å². The number of pyridine rings is 1. The molecule has 4 rings (SSSR count). The second-order valence-corrected chi connectivity index (χ2v) is 8.02. The highest BCUT2D eigenvalue weighted by atomic mass is 16.5. The van der Waals surface area contributed by atoms with E-state index in [2.05, 4.69) is 20.6 Å². The first-order valence-electron chi connectivity index (χ1n) is 10.5. The average molecular weight is 441 g/mol. The van der Waals surface area contributed by atoms with E-state index in [1.165, 1.54) is 0 Å². The number of piperazine rings is 1. The summed E-state index contributed by atoms with van der Waals surface area (Å²) in [5.41, 5.74) is 2.65. The Bertz CT molecular complexity index is 1140. The van der Waals surface area contributed by atoms with Gasteiger partial charge in [0.2, 0.25) is 11.8 Å². The molecular formula is C21H27N7O4. The SMILES string of the molecule is Cc1cc(C)c2c(OCC(=O)N3CCN(CC(=O)Nc4cc(C)on4)CC3)nn(C)c2n1. The molecule has 0 radical (unpaired) electrons. The van der Waals surface area contributed by atoms with E-state index < -0.39 is 0 Å². The highest BCUT2D eigenvalue weighted by Crippen LogP contribution is 2.27. The van der Waals surface area contributed by atoms with Crippen molar-refractivity contribution >= 4 is 28.7 Å². The number of aromatic nitrogens is 4. The van der Waals surface area contributed by atoms with Gasteiger partial charge in [-0.1, -0.05) is 5.16 Å². The summed E-state index contributed by atoms with van der Waals surface area (Å²) in [6.07, 6.45) is 0. The fourth-order valence-electron chi connectivity index (χ4n) is 3.84. The van der Waals surface area contributed by atoms with Crippen LogP contribution in [0, 0.1) is 20.8 Å². The smallest absolute Gasteiger partial charge is 0.260 e. The molecular weight excluding hydrogens is 414 g/mol. The normalized spacial score (nSPS) is 14.7. The van der Waals surface area contributed by atoms with Crippen molar-refractivity contribution < 1.29 is 18.8 Å². The number of hydrogen-bond acceptors (Lipinski definition) is 8. The summed E-state index contributed by atoms with van der Waals surface area (Å²) in [7, 11) is 1.81. The maximum atomic E-state index is 12.7. The lowest BCUT2D eigenvalue weighted by Gasteiger charge is -2.34. The summed E-state index contributed by atoms with van der Waals surface area (Å²) in [6, 6.07) is 3.63. The standard InChI is InChI=1S/C21H27N7O4/c1-13-9-14(2)22-20-19(13)21(24-26(20)4)31-12-18(30)28-7-5-27(6-8-28)11-17(29)23-16-10-15(3)32-25-16/h9-10H,5-8,11-12H2,1-4H3,(H,23,25,29). The van der Waals surface area contributed by atoms with E-state index in [1.807, 2.05) is 31.9 Å². The van der Waals surface area contributed by atoms with Gasteiger partial charge in [-0.25, -0.2) is 9.67 Å². The molecule has 1 aliphatic rings. The van der Waals surface area contributed by atoms with Crippen molar-refractivity contribution in [1.82, 2.24) is 29.7 Å². The molecule has 3 aromatic heterocycles. The lowest BCUT2D eigenvalue weighted by Crippen LogP contribution is -2.51. The number of ether oxygens (including phenoxy) is 1. The van der Waals surface area contributed by atoms with E-state index in [0.29, 0.717) is 43.6 Å². The zero-order valence-electron chi connectivity index (χ0n) is 18.7. The number of aryl methyl sites for hydroxylation is 4. The highest BCUT2D eigenvalue weighted by molar-refractivity contribution is 5.91. The van der Waals surface area contributed by atoms with Gasteiger partial charge < -0.3 is 19.5 Å². The molecule has 170 valence electrons. The molecule has 0 atom stereocenters. The third-order valence-corrected chi connectivity index (χ3v) is 5.41. The van der Waals surface area contributed by atoms with E-state index in [9.17, 15) is 9.59 Å². The maximum Gasteiger partial charge on any atom is 0.260 e. The second kappa shape index (κ2) is 8.95. The molecule has 0 unspecified atom stereocenters. The summed E-state index contributed by atoms with van der Waals surface area (Å²) in [5, 5.41) is 11.7. The minimum Gasteiger partial charge on any atom is -0.466 e. The van der Waals surface area contributed by atoms with Crippen molar-refractivity contribution in [3.63, 3.8) is 0 Å². The largest absolute Gasteiger partial charge is 0.466 e. The Morgan fingerprint density at radius 3 is 2.59 bits per heavy atom. The maximum absolute atomic E-state index is 12.7. The molecule has 4 heterocycles. The fraction of sp³-hybridized carbons (Fsp3) is 0.476. The minimum atomic E-state index is -0.164. The van der Waals surface area contributed by atoms with Gasteiger partial charge in [0.1, 0.15) is 5.76 Å². The zero-order chi connectivity index (χ0) is 22.8. The minimum absolute atomic E-state index is 0.0918. The Morgan fingerprint density at radius 2 is 1.91 bits per heavy atom. The summed E-state index contributed by atoms with van der Waals surface area (Å²) in [4.78, 5) is 33.1. The predicted octanol–water partition coefficient (Wildman–Crippen LogP) is 1.04. The molecule has 0 spiro atoms. The molecule has 1 N–H and O–H groups in total. The molecule has 0 bridgehead atoms. The molecule has 3 aromatic rings. The van der Waals surface area contributed by atoms with Gasteiger partial charge in [-0.2, -0.15) is 0 Å². The van der Waals surface area contributed by atoms with Crippen LogP contribution < -0.4 is 10.1 Å². The van der Waals surface area contributed by atoms with E-state index in [4.69, 9.17) is 9.26 Å². The van der Waals surface area contributed by atoms with Gasteiger partial charge >= 0.3 is 0 Å². The van der Waals surface area contributed by atoms with E-state index in [1.54, 1.807) is 22.6 Å². The lowest BCUT2D eigenvalue weighted by molar-refractivity contribution is -0.135. The summed E-state index contributed by atoms with van der Waals surface area (Å²) in [6.45, 7) is 8.08. The number of hydrogen-bond donors (Lipinski definition) is 1. The number of rotatable bonds is 6. The molecule has 11 heteroatoms. The molecule has 2 amide bonds. The van der Waals surface area contributed by atoms with Crippen molar-refractivity contribution in [3.05, 3.63) is 29.2 Å². The van der Waals surface area contributed by atoms with Crippen molar-refractivity contribution in [1.29, 1.82) is 0 Å². The Hall–Kier alpha value is -3.47. The number of carbonyl (C=O) groups is 2. The lowest BCUT2D eigenvalue weighted by atomic mass is 10.2. The quantitative estimate of drug-likeness (QED) is 0.603. The molecule has 1 fully saturated rings. The predicted molar refractivity (Wildman–Crippen MR) is 116 cm³/mol. The Morgan fingerprint density at radius 1 is 1.16 bits per heavy atom. The molecule has 32 heavy (non-hydrogen) atoms. The van der Waals surface area contributed by atoms with Crippen LogP contribution in [0.5, 0.6) is 5.88 Å². The van der Waals surface area contributed by atoms with Crippen LogP contribution in [-0.2, 0) is 16.6 Å². The topological polar surface area (TPSA) is 119 Å². The summed E-state index contributed by atoms with van der Waals surface area (Å²) >= 11 is 0. The number of carbonyl (C=O) groups excluding carboxylic acids is 2. The molecule has 11 nitrogen and oxygen atoms in total. The van der Waals surface area contributed by atoms with Gasteiger partial charge in [-0.05, 0) is 32.4 Å². The first kappa shape index (κ1) is 21.8. The van der Waals surface area contributed by atoms with Gasteiger partial charge in [-0.15, -0.1) is 5.10 Å². The van der Waals surface area contributed by atoms with Crippen LogP contribution in [0.4, 0.5) is 5.82 Å². The first-order valence-corrected chi connectivity index (χ1v) is 10.5. The monoisotopic (exact) mass is 441 g/mol. The number of fused-ring (bicyclic) bond motifs is 1. The molecule has 1 saturated heterocycles. The van der Waals surface area contributed by atoms with Crippen LogP contribution in [0.3, 0.4) is 0 Å². The third-order valence-electron chi connectivity index (χ3n) is 5.41. The number of amides is 2. The van der Waals surface area contributed by atoms with Crippen LogP contribution in [0.1, 0.15) is 17.0 Å². The van der Waals surface area contributed by atoms with Crippen LogP contribution in [0.25, 0.3) is 11.0 Å². The molecule has 0 aliphatic carbocycles. The van der Waals surface area contributed by atoms with Crippen LogP contribution in [0.15, 0.2) is 16.7 Å². The van der Waals surface area contributed by atoms with Gasteiger partial charge in [0.05, 0.1) is 11.9 Å². The Labute approximate surface area is 185 Å². The van der Waals surface area contributed by atoms with Crippen molar-refractivity contribution in [2.24, 2.45) is 7.05 Å². The van der Waals surface area contributed by atoms with E-state index in [-0.39, 0.29) is 25.0 Å². The van der Waals surface area contributed by atoms with Crippen molar-refractivity contribution in [2.45, 2.75) is 20.8 Å². The Balaban J connectivity index is 1.27. The second-order valence-electron chi connectivity index (χ2n) is 8.02. The van der Waals surface area contributed by atoms with E-state index in [0.717, 1.165) is 22.3 Å². The van der Waals surface area contributed by atoms with E-state index >= 15 is 0 Å². The molecule has 1 aliphatic heterocycles. The molecule has 0 saturated carbocycles. The first-order chi connectivity index (χ1) is 15.3. The van der Waals surface area contributed by atoms with Gasteiger partial charge in [-0.3, -0.25) is 14.5 Å². The number of anilines is 1. The van der Waals surface area contributed by atoms with Crippen LogP contribution in [0.2, 0.25) is 0 Å². The van der Waals surface area contributed by atoms with Crippen LogP contribution in [-0.4, -0.2) is 80.9 Å². The Kier molecular flexibility index (Phi) is 6.08. The van der Waals surface area contributed by atoms with Crippen LogP contribution >= 0.6 is 0 Å². The summed E-state index contributed by atoms with van der Waals surface area (Å²) in [5.74, 6) is 1.18. The third kappa shape index (κ3) is 4.72. The van der Waals surface area contributed by atoms with Crippen molar-refractivity contribution in [2.75, 3.05) is 44.6 Å². The van der Waals surface area contributed by atoms with Crippen molar-refractivity contribution in [3.8, 4) is 5.88 Å². The highest BCUT2D eigenvalue weighted by Gasteiger charge is 2.24. The average Bonchev–Trinajstić information content (AvgIpc) is 3.29. The summed E-state index contributed by atoms with van der Waals surface area (Å²) < 4.78 is 12.4. The van der Waals surface area contributed by atoms with Gasteiger partial charge in [0, 0.05) is 45.0 Å². The van der Waals surface area contributed by atoms with Gasteiger partial charge in [0.25, 0.3) is 5.91 Å². The molecule has 0 aromatic carbocycles. The number of nitrogens with one attached hydrogen (secondary N) is 1. The fourth-order valence-corrected chi connectivity index (χ4v) is 3.84. The number of nitrogens with zero attached hydrogens (tertiary/aromatic N) is 6.